The van der Waals surface area contributed by atoms with Crippen LogP contribution in [-0.2, 0) is 20.8 Å². The van der Waals surface area contributed by atoms with Crippen molar-refractivity contribution in [3.63, 3.8) is 0 Å². The van der Waals surface area contributed by atoms with E-state index in [1.165, 1.54) is 7.11 Å². The quantitative estimate of drug-likeness (QED) is 0.456. The summed E-state index contributed by atoms with van der Waals surface area (Å²) in [7, 11) is 1.28. The molecule has 68 valence electrons. The maximum absolute atomic E-state index is 9.97. The molecule has 0 bridgehead atoms. The average molecular weight is 186 g/mol. The highest BCUT2D eigenvalue weighted by molar-refractivity contribution is 7.73. The second-order valence-corrected chi connectivity index (χ2v) is 1.58. The Morgan fingerprint density at radius 1 is 1.55 bits per heavy atom. The van der Waals surface area contributed by atoms with E-state index in [2.05, 4.69) is 9.47 Å². The van der Waals surface area contributed by atoms with Crippen molar-refractivity contribution in [3.05, 3.63) is 0 Å². The van der Waals surface area contributed by atoms with Gasteiger partial charge in [0.15, 0.2) is 0 Å². The van der Waals surface area contributed by atoms with Crippen molar-refractivity contribution < 1.29 is 27.6 Å². The van der Waals surface area contributed by atoms with Crippen molar-refractivity contribution >= 4 is 17.5 Å². The van der Waals surface area contributed by atoms with Gasteiger partial charge in [0.05, 0.1) is 13.7 Å². The third kappa shape index (κ3) is 26.7. The fourth-order valence-electron chi connectivity index (χ4n) is 0.177. The highest BCUT2D eigenvalue weighted by atomic mass is 32.2. The lowest BCUT2D eigenvalue weighted by molar-refractivity contribution is 0.0771. The molecule has 0 aromatic carbocycles. The first-order valence-electron chi connectivity index (χ1n) is 2.55. The highest BCUT2D eigenvalue weighted by Crippen LogP contribution is 1.77. The van der Waals surface area contributed by atoms with Crippen LogP contribution in [0.15, 0.2) is 0 Å². The molecule has 0 amide bonds. The van der Waals surface area contributed by atoms with Crippen molar-refractivity contribution in [3.8, 4) is 0 Å². The summed E-state index contributed by atoms with van der Waals surface area (Å²) in [6, 6.07) is 0. The summed E-state index contributed by atoms with van der Waals surface area (Å²) in [5, 5.41) is 0. The molecule has 0 aromatic rings. The second-order valence-electron chi connectivity index (χ2n) is 1.12. The molecule has 0 spiro atoms. The number of methoxy groups -OCH3 is 1. The van der Waals surface area contributed by atoms with Gasteiger partial charge in [0.25, 0.3) is 11.4 Å². The van der Waals surface area contributed by atoms with Crippen LogP contribution in [0.2, 0.25) is 0 Å². The number of hydrogen-bond donors (Lipinski definition) is 2. The van der Waals surface area contributed by atoms with Gasteiger partial charge < -0.3 is 9.47 Å². The van der Waals surface area contributed by atoms with E-state index in [0.29, 0.717) is 6.61 Å². The van der Waals surface area contributed by atoms with Crippen molar-refractivity contribution in [2.45, 2.75) is 6.92 Å². The second kappa shape index (κ2) is 9.34. The van der Waals surface area contributed by atoms with Gasteiger partial charge in [-0.15, -0.1) is 0 Å². The van der Waals surface area contributed by atoms with Crippen LogP contribution in [0.25, 0.3) is 0 Å². The lowest BCUT2D eigenvalue weighted by atomic mass is 10.9. The van der Waals surface area contributed by atoms with Crippen molar-refractivity contribution in [1.82, 2.24) is 0 Å². The predicted molar refractivity (Wildman–Crippen MR) is 37.4 cm³/mol. The standard InChI is InChI=1S/C4H8O3.H2O3S/c1-3-7-4(5)6-2;1-4(2)3/h3H2,1-2H3;(H2,1,2,3). The summed E-state index contributed by atoms with van der Waals surface area (Å²) in [4.78, 5) is 9.97. The Bertz CT molecular complexity index is 120. The zero-order chi connectivity index (χ0) is 9.28. The molecule has 0 rings (SSSR count). The summed E-state index contributed by atoms with van der Waals surface area (Å²) in [5.74, 6) is 0. The first-order chi connectivity index (χ1) is 5.04. The Labute approximate surface area is 66.6 Å². The molecule has 0 aromatic heterocycles. The van der Waals surface area contributed by atoms with Crippen LogP contribution in [0.3, 0.4) is 0 Å². The molecule has 0 heterocycles. The Kier molecular flexibility index (Phi) is 11.0. The Morgan fingerprint density at radius 2 is 1.91 bits per heavy atom. The van der Waals surface area contributed by atoms with Gasteiger partial charge in [-0.1, -0.05) is 0 Å². The summed E-state index contributed by atoms with van der Waals surface area (Å²) in [6.07, 6.45) is -0.623. The molecule has 0 aliphatic heterocycles. The zero-order valence-corrected chi connectivity index (χ0v) is 6.96. The molecule has 0 aliphatic carbocycles. The number of rotatable bonds is 1. The van der Waals surface area contributed by atoms with Gasteiger partial charge in [-0.05, 0) is 6.92 Å². The first kappa shape index (κ1) is 13.0. The molecule has 0 saturated heterocycles. The molecule has 2 N–H and O–H groups in total. The van der Waals surface area contributed by atoms with Crippen LogP contribution in [0.1, 0.15) is 6.92 Å². The Hall–Kier alpha value is -0.660. The number of ether oxygens (including phenoxy) is 2. The molecule has 0 atom stereocenters. The SMILES string of the molecule is CCOC(=O)OC.O=S(O)O. The first-order valence-corrected chi connectivity index (χ1v) is 3.61. The van der Waals surface area contributed by atoms with E-state index in [0.717, 1.165) is 0 Å². The minimum atomic E-state index is -2.61. The average Bonchev–Trinajstić information content (AvgIpc) is 1.87. The van der Waals surface area contributed by atoms with E-state index >= 15 is 0 Å². The summed E-state index contributed by atoms with van der Waals surface area (Å²) in [6.45, 7) is 2.09. The van der Waals surface area contributed by atoms with Crippen LogP contribution < -0.4 is 0 Å². The number of carbonyl (C=O) groups is 1. The number of carbonyl (C=O) groups excluding carboxylic acids is 1. The van der Waals surface area contributed by atoms with E-state index in [1.807, 2.05) is 0 Å². The third-order valence-corrected chi connectivity index (χ3v) is 0.429. The van der Waals surface area contributed by atoms with Crippen LogP contribution in [0.4, 0.5) is 4.79 Å². The van der Waals surface area contributed by atoms with E-state index in [9.17, 15) is 4.79 Å². The minimum Gasteiger partial charge on any atom is -0.438 e. The largest absolute Gasteiger partial charge is 0.507 e. The fourth-order valence-corrected chi connectivity index (χ4v) is 0.177. The molecular weight excluding hydrogens is 176 g/mol. The monoisotopic (exact) mass is 186 g/mol. The van der Waals surface area contributed by atoms with Crippen LogP contribution in [-0.4, -0.2) is 33.2 Å². The lowest BCUT2D eigenvalue weighted by Gasteiger charge is -1.94. The molecule has 0 aliphatic rings. The normalized spacial score (nSPS) is 8.09. The predicted octanol–water partition coefficient (Wildman–Crippen LogP) is 0.470. The zero-order valence-electron chi connectivity index (χ0n) is 6.14. The molecule has 7 heteroatoms. The molecule has 11 heavy (non-hydrogen) atoms. The smallest absolute Gasteiger partial charge is 0.438 e. The maximum Gasteiger partial charge on any atom is 0.507 e. The Balaban J connectivity index is 0. The Morgan fingerprint density at radius 3 is 2.00 bits per heavy atom. The summed E-state index contributed by atoms with van der Waals surface area (Å²) in [5.41, 5.74) is 0. The fraction of sp³-hybridized carbons (Fsp3) is 0.750. The highest BCUT2D eigenvalue weighted by Gasteiger charge is 1.92. The van der Waals surface area contributed by atoms with E-state index in [4.69, 9.17) is 13.3 Å². The van der Waals surface area contributed by atoms with Gasteiger partial charge in [0, 0.05) is 0 Å². The van der Waals surface area contributed by atoms with Gasteiger partial charge in [-0.3, -0.25) is 9.11 Å². The number of hydrogen-bond acceptors (Lipinski definition) is 4. The van der Waals surface area contributed by atoms with Crippen LogP contribution >= 0.6 is 0 Å². The van der Waals surface area contributed by atoms with Crippen LogP contribution in [0.5, 0.6) is 0 Å². The van der Waals surface area contributed by atoms with Crippen molar-refractivity contribution in [2.75, 3.05) is 13.7 Å². The molecule has 0 saturated carbocycles. The van der Waals surface area contributed by atoms with Gasteiger partial charge in [-0.2, -0.15) is 4.21 Å². The summed E-state index contributed by atoms with van der Waals surface area (Å²) < 4.78 is 31.3. The lowest BCUT2D eigenvalue weighted by Crippen LogP contribution is -2.02. The van der Waals surface area contributed by atoms with Crippen molar-refractivity contribution in [2.24, 2.45) is 0 Å². The molecule has 0 unspecified atom stereocenters. The van der Waals surface area contributed by atoms with Gasteiger partial charge >= 0.3 is 6.16 Å². The third-order valence-electron chi connectivity index (χ3n) is 0.429. The van der Waals surface area contributed by atoms with E-state index < -0.39 is 17.5 Å². The minimum absolute atomic E-state index is 0.368. The topological polar surface area (TPSA) is 93.1 Å². The van der Waals surface area contributed by atoms with E-state index in [1.54, 1.807) is 6.92 Å². The molecule has 0 radical (unpaired) electrons. The van der Waals surface area contributed by atoms with Gasteiger partial charge in [0.1, 0.15) is 0 Å². The molecular formula is C4H10O6S. The maximum atomic E-state index is 9.97. The molecule has 0 fully saturated rings. The van der Waals surface area contributed by atoms with Gasteiger partial charge in [-0.25, -0.2) is 4.79 Å². The summed E-state index contributed by atoms with van der Waals surface area (Å²) >= 11 is -2.61. The van der Waals surface area contributed by atoms with Crippen molar-refractivity contribution in [1.29, 1.82) is 0 Å². The van der Waals surface area contributed by atoms with Gasteiger partial charge in [0.2, 0.25) is 0 Å². The van der Waals surface area contributed by atoms with Crippen LogP contribution in [0, 0.1) is 0 Å². The molecule has 6 nitrogen and oxygen atoms in total. The van der Waals surface area contributed by atoms with E-state index in [-0.39, 0.29) is 0 Å².